The van der Waals surface area contributed by atoms with Gasteiger partial charge in [-0.25, -0.2) is 14.1 Å². The van der Waals surface area contributed by atoms with Crippen molar-refractivity contribution >= 4 is 29.1 Å². The number of hydrogen-bond donors (Lipinski definition) is 2. The third-order valence-corrected chi connectivity index (χ3v) is 6.98. The number of carbonyl (C=O) groups excluding carboxylic acids is 2. The van der Waals surface area contributed by atoms with E-state index in [9.17, 15) is 44.7 Å². The Morgan fingerprint density at radius 1 is 1.00 bits per heavy atom. The molecule has 2 aromatic carbocycles. The molecule has 3 aromatic heterocycles. The number of amides is 2. The largest absolute Gasteiger partial charge is 0.461 e. The molecule has 0 spiro atoms. The first-order valence-corrected chi connectivity index (χ1v) is 14.3. The van der Waals surface area contributed by atoms with E-state index in [1.165, 1.54) is 49.5 Å². The predicted octanol–water partition coefficient (Wildman–Crippen LogP) is 5.84. The molecular formula is C29H20ClF8N9O3. The molecule has 0 fully saturated rings. The van der Waals surface area contributed by atoms with E-state index in [0.717, 1.165) is 22.9 Å². The number of pyridine rings is 1. The van der Waals surface area contributed by atoms with Gasteiger partial charge in [-0.1, -0.05) is 23.7 Å². The SMILES string of the molecule is Cc1cc(F)cc(C(=O)NCc2cccc(OC(F)F)c2)c1NC(=O)c1cc(Cn2nnc(C(F)(F)C(F)(F)F)n2)nn1-c1ncccc1Cl. The molecule has 262 valence electrons. The van der Waals surface area contributed by atoms with Gasteiger partial charge < -0.3 is 15.4 Å². The summed E-state index contributed by atoms with van der Waals surface area (Å²) in [5, 5.41) is 18.3. The molecule has 12 nitrogen and oxygen atoms in total. The molecule has 0 saturated carbocycles. The third-order valence-electron chi connectivity index (χ3n) is 6.69. The fourth-order valence-corrected chi connectivity index (χ4v) is 4.65. The molecule has 3 heterocycles. The molecule has 0 atom stereocenters. The smallest absolute Gasteiger partial charge is 0.435 e. The molecule has 0 radical (unpaired) electrons. The summed E-state index contributed by atoms with van der Waals surface area (Å²) in [5.74, 6) is -10.3. The Morgan fingerprint density at radius 3 is 2.46 bits per heavy atom. The van der Waals surface area contributed by atoms with Gasteiger partial charge in [0.2, 0.25) is 0 Å². The van der Waals surface area contributed by atoms with E-state index in [0.29, 0.717) is 10.4 Å². The second kappa shape index (κ2) is 14.1. The zero-order valence-electron chi connectivity index (χ0n) is 25.0. The van der Waals surface area contributed by atoms with Crippen molar-refractivity contribution in [2.75, 3.05) is 5.32 Å². The minimum Gasteiger partial charge on any atom is -0.435 e. The highest BCUT2D eigenvalue weighted by Crippen LogP contribution is 2.42. The first kappa shape index (κ1) is 35.6. The minimum absolute atomic E-state index is 0.0109. The van der Waals surface area contributed by atoms with Crippen LogP contribution in [0, 0.1) is 12.7 Å². The molecule has 0 aliphatic rings. The molecule has 2 amide bonds. The lowest BCUT2D eigenvalue weighted by Crippen LogP contribution is -2.35. The Kier molecular flexibility index (Phi) is 10.0. The van der Waals surface area contributed by atoms with E-state index in [1.807, 2.05) is 0 Å². The molecule has 5 rings (SSSR count). The summed E-state index contributed by atoms with van der Waals surface area (Å²) in [6.45, 7) is -2.54. The van der Waals surface area contributed by atoms with E-state index < -0.39 is 48.7 Å². The summed E-state index contributed by atoms with van der Waals surface area (Å²) in [6.07, 6.45) is -4.69. The minimum atomic E-state index is -5.99. The van der Waals surface area contributed by atoms with Crippen LogP contribution in [0.2, 0.25) is 5.02 Å². The highest BCUT2D eigenvalue weighted by Gasteiger charge is 2.62. The zero-order valence-corrected chi connectivity index (χ0v) is 25.8. The van der Waals surface area contributed by atoms with Crippen molar-refractivity contribution in [2.45, 2.75) is 38.7 Å². The molecule has 0 saturated heterocycles. The van der Waals surface area contributed by atoms with Crippen LogP contribution in [0.5, 0.6) is 5.75 Å². The van der Waals surface area contributed by atoms with Gasteiger partial charge in [-0.3, -0.25) is 9.59 Å². The fraction of sp³-hybridized carbons (Fsp3) is 0.207. The number of aryl methyl sites for hydroxylation is 1. The quantitative estimate of drug-likeness (QED) is 0.162. The monoisotopic (exact) mass is 729 g/mol. The van der Waals surface area contributed by atoms with Crippen LogP contribution in [-0.2, 0) is 19.0 Å². The average molecular weight is 730 g/mol. The normalized spacial score (nSPS) is 11.9. The molecule has 0 aliphatic heterocycles. The number of nitrogens with one attached hydrogen (secondary N) is 2. The summed E-state index contributed by atoms with van der Waals surface area (Å²) < 4.78 is 111. The highest BCUT2D eigenvalue weighted by atomic mass is 35.5. The first-order chi connectivity index (χ1) is 23.5. The Bertz CT molecular complexity index is 2050. The lowest BCUT2D eigenvalue weighted by Gasteiger charge is -2.15. The maximum atomic E-state index is 14.5. The van der Waals surface area contributed by atoms with Crippen molar-refractivity contribution in [3.8, 4) is 11.6 Å². The number of aromatic nitrogens is 7. The summed E-state index contributed by atoms with van der Waals surface area (Å²) >= 11 is 6.27. The molecule has 5 aromatic rings. The number of anilines is 1. The van der Waals surface area contributed by atoms with Gasteiger partial charge in [0.15, 0.2) is 5.82 Å². The Labute approximate surface area is 280 Å². The highest BCUT2D eigenvalue weighted by molar-refractivity contribution is 6.32. The van der Waals surface area contributed by atoms with Crippen LogP contribution in [0.4, 0.5) is 40.8 Å². The van der Waals surface area contributed by atoms with E-state index in [4.69, 9.17) is 11.6 Å². The second-order valence-electron chi connectivity index (χ2n) is 10.3. The van der Waals surface area contributed by atoms with Crippen LogP contribution in [0.15, 0.2) is 60.8 Å². The van der Waals surface area contributed by atoms with E-state index in [-0.39, 0.29) is 51.3 Å². The summed E-state index contributed by atoms with van der Waals surface area (Å²) in [6, 6.07) is 11.3. The van der Waals surface area contributed by atoms with E-state index >= 15 is 0 Å². The molecule has 2 N–H and O–H groups in total. The third kappa shape index (κ3) is 7.80. The van der Waals surface area contributed by atoms with Crippen molar-refractivity contribution in [1.29, 1.82) is 0 Å². The fourth-order valence-electron chi connectivity index (χ4n) is 4.45. The van der Waals surface area contributed by atoms with Crippen molar-refractivity contribution < 1.29 is 49.4 Å². The van der Waals surface area contributed by atoms with Crippen molar-refractivity contribution in [3.63, 3.8) is 0 Å². The van der Waals surface area contributed by atoms with Gasteiger partial charge in [0.1, 0.15) is 23.8 Å². The average Bonchev–Trinajstić information content (AvgIpc) is 3.68. The number of halogens is 9. The molecule has 0 aliphatic carbocycles. The van der Waals surface area contributed by atoms with Gasteiger partial charge >= 0.3 is 18.7 Å². The van der Waals surface area contributed by atoms with Crippen LogP contribution in [-0.4, -0.2) is 59.6 Å². The van der Waals surface area contributed by atoms with Gasteiger partial charge in [-0.2, -0.15) is 40.6 Å². The van der Waals surface area contributed by atoms with Crippen molar-refractivity contribution in [3.05, 3.63) is 106 Å². The summed E-state index contributed by atoms with van der Waals surface area (Å²) in [5.41, 5.74) is -0.501. The lowest BCUT2D eigenvalue weighted by molar-refractivity contribution is -0.292. The Morgan fingerprint density at radius 2 is 1.76 bits per heavy atom. The number of alkyl halides is 7. The molecule has 0 bridgehead atoms. The van der Waals surface area contributed by atoms with Gasteiger partial charge in [-0.15, -0.1) is 10.2 Å². The number of ether oxygens (including phenoxy) is 1. The van der Waals surface area contributed by atoms with Crippen LogP contribution in [0.3, 0.4) is 0 Å². The van der Waals surface area contributed by atoms with Crippen LogP contribution in [0.1, 0.15) is 43.5 Å². The number of carbonyl (C=O) groups is 2. The molecule has 0 unspecified atom stereocenters. The lowest BCUT2D eigenvalue weighted by atomic mass is 10.1. The van der Waals surface area contributed by atoms with Gasteiger partial charge in [0.05, 0.1) is 22.0 Å². The standard InChI is InChI=1S/C29H20ClF8N9O3/c1-14-8-16(31)10-19(24(48)40-12-15-4-2-5-18(9-15)50-27(32)33)22(14)41-25(49)21-11-17(43-47(21)23-20(30)6-3-7-39-23)13-46-44-26(42-45-46)28(34,35)29(36,37)38/h2-11,27H,12-13H2,1H3,(H,40,48)(H,41,49). The predicted molar refractivity (Wildman–Crippen MR) is 157 cm³/mol. The van der Waals surface area contributed by atoms with E-state index in [1.54, 1.807) is 0 Å². The van der Waals surface area contributed by atoms with Gasteiger partial charge in [0, 0.05) is 12.7 Å². The van der Waals surface area contributed by atoms with Gasteiger partial charge in [-0.05, 0) is 65.7 Å². The van der Waals surface area contributed by atoms with Crippen LogP contribution >= 0.6 is 11.6 Å². The molecule has 50 heavy (non-hydrogen) atoms. The van der Waals surface area contributed by atoms with Crippen molar-refractivity contribution in [2.24, 2.45) is 0 Å². The Balaban J connectivity index is 1.44. The summed E-state index contributed by atoms with van der Waals surface area (Å²) in [4.78, 5) is 31.4. The topological polar surface area (TPSA) is 142 Å². The maximum absolute atomic E-state index is 14.5. The number of nitrogens with zero attached hydrogens (tertiary/aromatic N) is 7. The zero-order chi connectivity index (χ0) is 36.4. The number of hydrogen-bond acceptors (Lipinski definition) is 8. The number of rotatable bonds is 11. The molecule has 21 heteroatoms. The number of benzene rings is 2. The summed E-state index contributed by atoms with van der Waals surface area (Å²) in [7, 11) is 0. The maximum Gasteiger partial charge on any atom is 0.461 e. The van der Waals surface area contributed by atoms with Crippen LogP contribution in [0.25, 0.3) is 5.82 Å². The van der Waals surface area contributed by atoms with E-state index in [2.05, 4.69) is 40.9 Å². The second-order valence-corrected chi connectivity index (χ2v) is 10.7. The van der Waals surface area contributed by atoms with Crippen LogP contribution < -0.4 is 15.4 Å². The first-order valence-electron chi connectivity index (χ1n) is 13.9. The van der Waals surface area contributed by atoms with Gasteiger partial charge in [0.25, 0.3) is 17.6 Å². The molecular weight excluding hydrogens is 710 g/mol. The Hall–Kier alpha value is -5.66. The number of tetrazole rings is 1. The van der Waals surface area contributed by atoms with Crippen molar-refractivity contribution in [1.82, 2.24) is 40.3 Å².